The third-order valence-electron chi connectivity index (χ3n) is 1.44. The van der Waals surface area contributed by atoms with Crippen molar-refractivity contribution in [3.8, 4) is 0 Å². The number of nitrogens with zero attached hydrogens (tertiary/aromatic N) is 1. The van der Waals surface area contributed by atoms with E-state index in [0.29, 0.717) is 0 Å². The second-order valence-corrected chi connectivity index (χ2v) is 2.12. The molecule has 0 spiro atoms. The Bertz CT molecular complexity index is 109. The van der Waals surface area contributed by atoms with Gasteiger partial charge in [0.25, 0.3) is 0 Å². The monoisotopic (exact) mass is 127 g/mol. The SMILES string of the molecule is C=N[C@@H](C)[C@H](C)/C=C/O. The average molecular weight is 127 g/mol. The summed E-state index contributed by atoms with van der Waals surface area (Å²) in [6.45, 7) is 7.33. The predicted octanol–water partition coefficient (Wildman–Crippen LogP) is 1.78. The van der Waals surface area contributed by atoms with E-state index in [9.17, 15) is 0 Å². The van der Waals surface area contributed by atoms with Crippen LogP contribution in [0, 0.1) is 5.92 Å². The summed E-state index contributed by atoms with van der Waals surface area (Å²) in [6.07, 6.45) is 2.74. The maximum absolute atomic E-state index is 8.34. The molecule has 52 valence electrons. The molecule has 0 fully saturated rings. The van der Waals surface area contributed by atoms with Crippen LogP contribution in [0.2, 0.25) is 0 Å². The summed E-state index contributed by atoms with van der Waals surface area (Å²) in [6, 6.07) is 0.188. The summed E-state index contributed by atoms with van der Waals surface area (Å²) in [4.78, 5) is 3.79. The number of aliphatic hydroxyl groups is 1. The number of hydrogen-bond acceptors (Lipinski definition) is 2. The van der Waals surface area contributed by atoms with Crippen LogP contribution in [-0.2, 0) is 0 Å². The maximum atomic E-state index is 8.34. The normalized spacial score (nSPS) is 17.6. The van der Waals surface area contributed by atoms with Crippen molar-refractivity contribution in [2.45, 2.75) is 19.9 Å². The highest BCUT2D eigenvalue weighted by atomic mass is 16.2. The topological polar surface area (TPSA) is 32.6 Å². The maximum Gasteiger partial charge on any atom is 0.0755 e. The molecule has 2 heteroatoms. The summed E-state index contributed by atoms with van der Waals surface area (Å²) in [5.41, 5.74) is 0. The molecule has 0 aliphatic heterocycles. The van der Waals surface area contributed by atoms with Crippen LogP contribution >= 0.6 is 0 Å². The molecule has 0 saturated carbocycles. The first-order valence-electron chi connectivity index (χ1n) is 2.99. The van der Waals surface area contributed by atoms with Gasteiger partial charge in [-0.15, -0.1) is 0 Å². The lowest BCUT2D eigenvalue weighted by atomic mass is 10.1. The molecule has 0 saturated heterocycles. The Morgan fingerprint density at radius 1 is 1.56 bits per heavy atom. The molecule has 0 bridgehead atoms. The van der Waals surface area contributed by atoms with Gasteiger partial charge < -0.3 is 5.11 Å². The Balaban J connectivity index is 3.71. The lowest BCUT2D eigenvalue weighted by molar-refractivity contribution is 0.459. The second kappa shape index (κ2) is 4.13. The largest absolute Gasteiger partial charge is 0.516 e. The van der Waals surface area contributed by atoms with Gasteiger partial charge in [-0.3, -0.25) is 4.99 Å². The van der Waals surface area contributed by atoms with E-state index in [4.69, 9.17) is 5.11 Å². The Labute approximate surface area is 55.9 Å². The van der Waals surface area contributed by atoms with E-state index in [2.05, 4.69) is 11.7 Å². The van der Waals surface area contributed by atoms with Crippen molar-refractivity contribution in [1.29, 1.82) is 0 Å². The highest BCUT2D eigenvalue weighted by Crippen LogP contribution is 2.06. The zero-order chi connectivity index (χ0) is 7.28. The van der Waals surface area contributed by atoms with E-state index < -0.39 is 0 Å². The number of hydrogen-bond donors (Lipinski definition) is 1. The van der Waals surface area contributed by atoms with E-state index >= 15 is 0 Å². The molecule has 0 unspecified atom stereocenters. The average Bonchev–Trinajstić information content (AvgIpc) is 1.87. The first-order valence-corrected chi connectivity index (χ1v) is 2.99. The van der Waals surface area contributed by atoms with Crippen LogP contribution in [0.5, 0.6) is 0 Å². The number of aliphatic hydroxyl groups excluding tert-OH is 1. The molecular formula is C7H13NO. The molecule has 0 aromatic carbocycles. The van der Waals surface area contributed by atoms with Gasteiger partial charge in [0.1, 0.15) is 0 Å². The standard InChI is InChI=1S/C7H13NO/c1-6(4-5-9)7(2)8-3/h4-7,9H,3H2,1-2H3/b5-4+/t6-,7+/m1/s1. The molecular weight excluding hydrogens is 114 g/mol. The Kier molecular flexibility index (Phi) is 3.76. The Morgan fingerprint density at radius 2 is 2.11 bits per heavy atom. The van der Waals surface area contributed by atoms with Crippen molar-refractivity contribution in [3.05, 3.63) is 12.3 Å². The minimum Gasteiger partial charge on any atom is -0.516 e. The molecule has 2 atom stereocenters. The Morgan fingerprint density at radius 3 is 2.44 bits per heavy atom. The molecule has 0 amide bonds. The minimum atomic E-state index is 0.188. The van der Waals surface area contributed by atoms with E-state index in [-0.39, 0.29) is 12.0 Å². The molecule has 0 aromatic rings. The lowest BCUT2D eigenvalue weighted by Gasteiger charge is -2.08. The van der Waals surface area contributed by atoms with Crippen LogP contribution in [0.15, 0.2) is 17.3 Å². The van der Waals surface area contributed by atoms with Gasteiger partial charge in [-0.05, 0) is 25.6 Å². The van der Waals surface area contributed by atoms with Gasteiger partial charge in [0.05, 0.1) is 12.3 Å². The van der Waals surface area contributed by atoms with Gasteiger partial charge in [-0.2, -0.15) is 0 Å². The summed E-state index contributed by atoms with van der Waals surface area (Å²) < 4.78 is 0. The summed E-state index contributed by atoms with van der Waals surface area (Å²) in [5.74, 6) is 0.271. The predicted molar refractivity (Wildman–Crippen MR) is 39.9 cm³/mol. The second-order valence-electron chi connectivity index (χ2n) is 2.12. The fourth-order valence-corrected chi connectivity index (χ4v) is 0.463. The quantitative estimate of drug-likeness (QED) is 0.455. The van der Waals surface area contributed by atoms with Crippen LogP contribution in [0.3, 0.4) is 0 Å². The fraction of sp³-hybridized carbons (Fsp3) is 0.571. The van der Waals surface area contributed by atoms with Crippen molar-refractivity contribution in [3.63, 3.8) is 0 Å². The van der Waals surface area contributed by atoms with Gasteiger partial charge in [-0.25, -0.2) is 0 Å². The third kappa shape index (κ3) is 2.90. The number of rotatable bonds is 3. The zero-order valence-electron chi connectivity index (χ0n) is 5.91. The van der Waals surface area contributed by atoms with Crippen LogP contribution in [-0.4, -0.2) is 17.9 Å². The van der Waals surface area contributed by atoms with Crippen LogP contribution in [0.4, 0.5) is 0 Å². The fourth-order valence-electron chi connectivity index (χ4n) is 0.463. The first kappa shape index (κ1) is 8.21. The summed E-state index contributed by atoms with van der Waals surface area (Å²) >= 11 is 0. The minimum absolute atomic E-state index is 0.188. The van der Waals surface area contributed by atoms with Crippen LogP contribution < -0.4 is 0 Å². The molecule has 0 heterocycles. The number of aliphatic imine (C=N–C) groups is 1. The molecule has 0 aliphatic carbocycles. The molecule has 0 rings (SSSR count). The zero-order valence-corrected chi connectivity index (χ0v) is 5.91. The molecule has 0 aromatic heterocycles. The van der Waals surface area contributed by atoms with Crippen molar-refractivity contribution in [2.75, 3.05) is 0 Å². The summed E-state index contributed by atoms with van der Waals surface area (Å²) in [5, 5.41) is 8.34. The van der Waals surface area contributed by atoms with Gasteiger partial charge in [0, 0.05) is 0 Å². The van der Waals surface area contributed by atoms with Crippen molar-refractivity contribution >= 4 is 6.72 Å². The molecule has 0 radical (unpaired) electrons. The molecule has 2 nitrogen and oxygen atoms in total. The molecule has 9 heavy (non-hydrogen) atoms. The van der Waals surface area contributed by atoms with E-state index in [1.54, 1.807) is 6.08 Å². The van der Waals surface area contributed by atoms with Crippen molar-refractivity contribution in [2.24, 2.45) is 10.9 Å². The van der Waals surface area contributed by atoms with Gasteiger partial charge in [0.2, 0.25) is 0 Å². The van der Waals surface area contributed by atoms with E-state index in [1.165, 1.54) is 0 Å². The van der Waals surface area contributed by atoms with Gasteiger partial charge in [0.15, 0.2) is 0 Å². The van der Waals surface area contributed by atoms with Gasteiger partial charge >= 0.3 is 0 Å². The molecule has 1 N–H and O–H groups in total. The van der Waals surface area contributed by atoms with Crippen molar-refractivity contribution < 1.29 is 5.11 Å². The van der Waals surface area contributed by atoms with E-state index in [1.807, 2.05) is 13.8 Å². The van der Waals surface area contributed by atoms with Crippen LogP contribution in [0.25, 0.3) is 0 Å². The Hall–Kier alpha value is -0.790. The highest BCUT2D eigenvalue weighted by Gasteiger charge is 2.03. The van der Waals surface area contributed by atoms with E-state index in [0.717, 1.165) is 6.26 Å². The molecule has 0 aliphatic rings. The lowest BCUT2D eigenvalue weighted by Crippen LogP contribution is -2.07. The first-order chi connectivity index (χ1) is 4.22. The van der Waals surface area contributed by atoms with Crippen LogP contribution in [0.1, 0.15) is 13.8 Å². The smallest absolute Gasteiger partial charge is 0.0755 e. The van der Waals surface area contributed by atoms with Crippen molar-refractivity contribution in [1.82, 2.24) is 0 Å². The third-order valence-corrected chi connectivity index (χ3v) is 1.44. The highest BCUT2D eigenvalue weighted by molar-refractivity contribution is 5.24. The summed E-state index contributed by atoms with van der Waals surface area (Å²) in [7, 11) is 0. The van der Waals surface area contributed by atoms with Gasteiger partial charge in [-0.1, -0.05) is 6.92 Å².